The van der Waals surface area contributed by atoms with Crippen LogP contribution in [0.15, 0.2) is 140 Å². The van der Waals surface area contributed by atoms with Crippen LogP contribution < -0.4 is 0 Å². The monoisotopic (exact) mass is 713 g/mol. The van der Waals surface area contributed by atoms with Gasteiger partial charge in [-0.15, -0.1) is 29.8 Å². The van der Waals surface area contributed by atoms with Crippen LogP contribution in [0.5, 0.6) is 5.75 Å². The Balaban J connectivity index is 0.00000357. The number of phenolic OH excluding ortho intramolecular Hbond substituents is 1. The van der Waals surface area contributed by atoms with Crippen molar-refractivity contribution in [3.63, 3.8) is 0 Å². The molecule has 7 aromatic rings. The van der Waals surface area contributed by atoms with Crippen molar-refractivity contribution in [3.05, 3.63) is 146 Å². The number of hydrogen-bond donors (Lipinski definition) is 1. The zero-order valence-corrected chi connectivity index (χ0v) is 23.8. The Hall–Kier alpha value is -4.79. The summed E-state index contributed by atoms with van der Waals surface area (Å²) < 4.78 is 36.4. The summed E-state index contributed by atoms with van der Waals surface area (Å²) in [5.74, 6) is 0.401. The van der Waals surface area contributed by atoms with Crippen LogP contribution in [0.1, 0.15) is 5.48 Å². The molecule has 200 valence electrons. The van der Waals surface area contributed by atoms with Gasteiger partial charge in [-0.05, 0) is 47.5 Å². The number of imidazole rings is 1. The van der Waals surface area contributed by atoms with Crippen LogP contribution in [0, 0.1) is 6.07 Å². The van der Waals surface area contributed by atoms with Crippen molar-refractivity contribution in [2.45, 2.75) is 0 Å². The van der Waals surface area contributed by atoms with Crippen molar-refractivity contribution in [1.82, 2.24) is 14.5 Å². The average Bonchev–Trinajstić information content (AvgIpc) is 3.43. The Labute approximate surface area is 258 Å². The van der Waals surface area contributed by atoms with Crippen molar-refractivity contribution in [2.75, 3.05) is 0 Å². The molecule has 5 heteroatoms. The second-order valence-corrected chi connectivity index (χ2v) is 9.25. The minimum absolute atomic E-state index is 0. The largest absolute Gasteiger partial charge is 0.507 e. The maximum atomic E-state index is 10.8. The zero-order chi connectivity index (χ0) is 30.4. The molecule has 0 unspecified atom stereocenters. The van der Waals surface area contributed by atoms with Gasteiger partial charge in [-0.25, -0.2) is 4.98 Å². The molecule has 4 nitrogen and oxygen atoms in total. The molecule has 0 spiro atoms. The maximum absolute atomic E-state index is 10.8. The van der Waals surface area contributed by atoms with Crippen LogP contribution in [0.4, 0.5) is 0 Å². The molecule has 0 amide bonds. The first kappa shape index (κ1) is 22.0. The van der Waals surface area contributed by atoms with Crippen LogP contribution in [-0.2, 0) is 21.1 Å². The molecule has 2 aromatic heterocycles. The third kappa shape index (κ3) is 4.99. The number of phenols is 1. The minimum Gasteiger partial charge on any atom is -0.507 e. The van der Waals surface area contributed by atoms with Gasteiger partial charge in [0.15, 0.2) is 0 Å². The Morgan fingerprint density at radius 3 is 2.22 bits per heavy atom. The number of nitrogens with zero attached hydrogens (tertiary/aromatic N) is 3. The van der Waals surface area contributed by atoms with Crippen molar-refractivity contribution in [3.8, 4) is 56.3 Å². The second kappa shape index (κ2) is 11.4. The Morgan fingerprint density at radius 1 is 0.683 bits per heavy atom. The molecule has 0 saturated carbocycles. The van der Waals surface area contributed by atoms with E-state index < -0.39 is 0 Å². The molecule has 0 saturated heterocycles. The molecular weight excluding hydrogens is 685 g/mol. The number of benzene rings is 5. The number of fused-ring (bicyclic) bond motifs is 1. The summed E-state index contributed by atoms with van der Waals surface area (Å²) >= 11 is 0. The number of rotatable bonds is 5. The summed E-state index contributed by atoms with van der Waals surface area (Å²) in [5, 5.41) is 10.8. The third-order valence-electron chi connectivity index (χ3n) is 6.75. The smallest absolute Gasteiger partial charge is 0.148 e. The quantitative estimate of drug-likeness (QED) is 0.182. The van der Waals surface area contributed by atoms with Crippen LogP contribution in [0.25, 0.3) is 61.6 Å². The number of hydrogen-bond acceptors (Lipinski definition) is 3. The van der Waals surface area contributed by atoms with Gasteiger partial charge in [0, 0.05) is 38.6 Å². The summed E-state index contributed by atoms with van der Waals surface area (Å²) in [6.45, 7) is 0. The molecule has 0 aliphatic heterocycles. The predicted molar refractivity (Wildman–Crippen MR) is 161 cm³/mol. The van der Waals surface area contributed by atoms with Crippen molar-refractivity contribution in [2.24, 2.45) is 0 Å². The van der Waals surface area contributed by atoms with Crippen LogP contribution in [0.3, 0.4) is 0 Å². The van der Waals surface area contributed by atoms with Crippen LogP contribution in [-0.4, -0.2) is 19.6 Å². The number of para-hydroxylation sites is 3. The van der Waals surface area contributed by atoms with E-state index in [4.69, 9.17) is 10.5 Å². The van der Waals surface area contributed by atoms with E-state index in [1.165, 1.54) is 0 Å². The van der Waals surface area contributed by atoms with E-state index >= 15 is 0 Å². The molecule has 41 heavy (non-hydrogen) atoms. The fourth-order valence-electron chi connectivity index (χ4n) is 4.89. The number of pyridine rings is 1. The normalized spacial score (nSPS) is 12.2. The Bertz CT molecular complexity index is 2170. The van der Waals surface area contributed by atoms with Crippen LogP contribution in [0.2, 0.25) is 0 Å². The molecular formula is C36H24N3OPt-. The van der Waals surface area contributed by atoms with E-state index in [2.05, 4.69) is 11.1 Å². The summed E-state index contributed by atoms with van der Waals surface area (Å²) in [4.78, 5) is 9.35. The molecule has 1 N–H and O–H groups in total. The van der Waals surface area contributed by atoms with Gasteiger partial charge < -0.3 is 5.11 Å². The molecule has 5 aromatic carbocycles. The van der Waals surface area contributed by atoms with Gasteiger partial charge in [-0.2, -0.15) is 0 Å². The van der Waals surface area contributed by atoms with E-state index in [1.807, 2.05) is 95.6 Å². The summed E-state index contributed by atoms with van der Waals surface area (Å²) in [7, 11) is 0. The SMILES string of the molecule is [2H]c1cccc(O)c1-c1nc2c(-c3[c-]c(-c4nc([2H])c([2H])c(-c5ccccc5)c4[2H])ccc3)cccc2n1-c1ccccc1.[Pt]. The van der Waals surface area contributed by atoms with Gasteiger partial charge in [0.1, 0.15) is 11.6 Å². The summed E-state index contributed by atoms with van der Waals surface area (Å²) in [6, 6.07) is 38.6. The van der Waals surface area contributed by atoms with E-state index in [1.54, 1.807) is 24.3 Å². The number of aromatic nitrogens is 3. The summed E-state index contributed by atoms with van der Waals surface area (Å²) in [6.07, 6.45) is -0.212. The van der Waals surface area contributed by atoms with Gasteiger partial charge in [-0.3, -0.25) is 9.55 Å². The number of aromatic hydroxyl groups is 1. The molecule has 0 aliphatic rings. The molecule has 0 aliphatic carbocycles. The third-order valence-corrected chi connectivity index (χ3v) is 6.75. The molecule has 0 fully saturated rings. The van der Waals surface area contributed by atoms with Gasteiger partial charge in [0.2, 0.25) is 0 Å². The summed E-state index contributed by atoms with van der Waals surface area (Å²) in [5.41, 5.74) is 5.86. The molecule has 7 rings (SSSR count). The van der Waals surface area contributed by atoms with E-state index in [9.17, 15) is 5.11 Å². The van der Waals surface area contributed by atoms with E-state index in [-0.39, 0.29) is 56.8 Å². The van der Waals surface area contributed by atoms with Crippen LogP contribution >= 0.6 is 0 Å². The Morgan fingerprint density at radius 2 is 1.41 bits per heavy atom. The first-order chi connectivity index (χ1) is 21.4. The Kier molecular flexibility index (Phi) is 6.09. The van der Waals surface area contributed by atoms with Gasteiger partial charge in [0.05, 0.1) is 22.1 Å². The first-order valence-corrected chi connectivity index (χ1v) is 12.8. The van der Waals surface area contributed by atoms with Crippen molar-refractivity contribution in [1.29, 1.82) is 0 Å². The van der Waals surface area contributed by atoms with Crippen molar-refractivity contribution >= 4 is 11.0 Å². The van der Waals surface area contributed by atoms with Gasteiger partial charge >= 0.3 is 0 Å². The predicted octanol–water partition coefficient (Wildman–Crippen LogP) is 8.59. The fourth-order valence-corrected chi connectivity index (χ4v) is 4.89. The minimum atomic E-state index is -0.212. The second-order valence-electron chi connectivity index (χ2n) is 9.25. The standard InChI is InChI=1S/C36H24N3O.Pt/c40-34-20-8-7-17-31(34)36-38-35-30(18-10-19-33(35)39(36)29-15-5-2-6-16-29)27-13-9-14-28(23-27)32-24-26(21-22-37-32)25-11-3-1-4-12-25;/h1-22,24,40H;/q-1;/i17D,21D,22D,24D;. The average molecular weight is 714 g/mol. The zero-order valence-electron chi connectivity index (χ0n) is 25.6. The first-order valence-electron chi connectivity index (χ1n) is 14.8. The topological polar surface area (TPSA) is 50.9 Å². The molecule has 0 radical (unpaired) electrons. The van der Waals surface area contributed by atoms with Gasteiger partial charge in [-0.1, -0.05) is 90.0 Å². The maximum Gasteiger partial charge on any atom is 0.148 e. The molecule has 0 atom stereocenters. The molecule has 0 bridgehead atoms. The van der Waals surface area contributed by atoms with Gasteiger partial charge in [0.25, 0.3) is 0 Å². The van der Waals surface area contributed by atoms with Crippen molar-refractivity contribution < 1.29 is 31.7 Å². The van der Waals surface area contributed by atoms with E-state index in [0.717, 1.165) is 16.8 Å². The fraction of sp³-hybridized carbons (Fsp3) is 0. The van der Waals surface area contributed by atoms with E-state index in [0.29, 0.717) is 39.2 Å². The molecule has 2 heterocycles.